The maximum absolute atomic E-state index is 13.0. The molecular weight excluding hydrogens is 338 g/mol. The third-order valence-corrected chi connectivity index (χ3v) is 6.60. The second kappa shape index (κ2) is 7.85. The number of amides is 1. The fourth-order valence-corrected chi connectivity index (χ4v) is 4.88. The molecule has 1 aliphatic rings. The molecule has 2 N–H and O–H groups in total. The fourth-order valence-electron chi connectivity index (χ4n) is 3.21. The largest absolute Gasteiger partial charge is 0.344 e. The lowest BCUT2D eigenvalue weighted by Crippen LogP contribution is -2.53. The van der Waals surface area contributed by atoms with Crippen molar-refractivity contribution in [2.45, 2.75) is 44.0 Å². The van der Waals surface area contributed by atoms with Crippen LogP contribution in [-0.4, -0.2) is 56.3 Å². The topological polar surface area (TPSA) is 83.7 Å². The van der Waals surface area contributed by atoms with E-state index >= 15 is 0 Å². The van der Waals surface area contributed by atoms with Gasteiger partial charge in [0, 0.05) is 20.1 Å². The van der Waals surface area contributed by atoms with E-state index in [1.54, 1.807) is 42.3 Å². The zero-order valence-corrected chi connectivity index (χ0v) is 16.1. The van der Waals surface area contributed by atoms with Crippen molar-refractivity contribution in [2.24, 2.45) is 11.1 Å². The van der Waals surface area contributed by atoms with Crippen LogP contribution >= 0.6 is 0 Å². The van der Waals surface area contributed by atoms with Crippen LogP contribution in [0.1, 0.15) is 33.1 Å². The highest BCUT2D eigenvalue weighted by Gasteiger charge is 2.39. The highest BCUT2D eigenvalue weighted by Crippen LogP contribution is 2.27. The quantitative estimate of drug-likeness (QED) is 0.829. The summed E-state index contributed by atoms with van der Waals surface area (Å²) in [6.07, 6.45) is 2.18. The molecule has 1 aromatic rings. The minimum Gasteiger partial charge on any atom is -0.344 e. The Morgan fingerprint density at radius 3 is 2.52 bits per heavy atom. The number of sulfonamides is 1. The summed E-state index contributed by atoms with van der Waals surface area (Å²) in [6.45, 7) is 5.33. The molecule has 2 rings (SSSR count). The smallest absolute Gasteiger partial charge is 0.243 e. The van der Waals surface area contributed by atoms with Crippen molar-refractivity contribution in [3.63, 3.8) is 0 Å². The van der Waals surface area contributed by atoms with E-state index in [4.69, 9.17) is 5.73 Å². The van der Waals surface area contributed by atoms with Crippen molar-refractivity contribution in [1.82, 2.24) is 9.21 Å². The van der Waals surface area contributed by atoms with Gasteiger partial charge >= 0.3 is 0 Å². The molecule has 7 heteroatoms. The van der Waals surface area contributed by atoms with Gasteiger partial charge in [0.25, 0.3) is 0 Å². The van der Waals surface area contributed by atoms with E-state index in [1.165, 1.54) is 4.31 Å². The molecular formula is C18H29N3O3S. The molecule has 0 aromatic heterocycles. The number of hydrogen-bond acceptors (Lipinski definition) is 4. The summed E-state index contributed by atoms with van der Waals surface area (Å²) in [4.78, 5) is 14.8. The molecule has 1 aliphatic heterocycles. The molecule has 140 valence electrons. The van der Waals surface area contributed by atoms with E-state index in [0.717, 1.165) is 12.8 Å². The SMILES string of the molecule is CN(CC(C)(C)CN)C(=O)C1CCCCN1S(=O)(=O)c1ccccc1. The number of rotatable bonds is 6. The second-order valence-corrected chi connectivity index (χ2v) is 9.39. The molecule has 0 bridgehead atoms. The van der Waals surface area contributed by atoms with Crippen LogP contribution < -0.4 is 5.73 Å². The van der Waals surface area contributed by atoms with Crippen molar-refractivity contribution >= 4 is 15.9 Å². The Morgan fingerprint density at radius 2 is 1.92 bits per heavy atom. The van der Waals surface area contributed by atoms with Gasteiger partial charge in [-0.1, -0.05) is 38.5 Å². The first-order valence-electron chi connectivity index (χ1n) is 8.71. The lowest BCUT2D eigenvalue weighted by molar-refractivity contribution is -0.136. The summed E-state index contributed by atoms with van der Waals surface area (Å²) in [6, 6.07) is 7.69. The predicted octanol–water partition coefficient (Wildman–Crippen LogP) is 1.67. The Balaban J connectivity index is 2.25. The minimum absolute atomic E-state index is 0.152. The number of piperidine rings is 1. The molecule has 1 saturated heterocycles. The molecule has 1 fully saturated rings. The first-order chi connectivity index (χ1) is 11.7. The Bertz CT molecular complexity index is 689. The van der Waals surface area contributed by atoms with Gasteiger partial charge in [-0.2, -0.15) is 4.31 Å². The van der Waals surface area contributed by atoms with Gasteiger partial charge < -0.3 is 10.6 Å². The van der Waals surface area contributed by atoms with Crippen LogP contribution in [0.5, 0.6) is 0 Å². The van der Waals surface area contributed by atoms with Crippen molar-refractivity contribution < 1.29 is 13.2 Å². The van der Waals surface area contributed by atoms with E-state index in [9.17, 15) is 13.2 Å². The number of carbonyl (C=O) groups is 1. The van der Waals surface area contributed by atoms with Gasteiger partial charge in [0.05, 0.1) is 4.90 Å². The van der Waals surface area contributed by atoms with Crippen LogP contribution in [0.3, 0.4) is 0 Å². The average molecular weight is 368 g/mol. The molecule has 6 nitrogen and oxygen atoms in total. The van der Waals surface area contributed by atoms with Crippen molar-refractivity contribution in [3.05, 3.63) is 30.3 Å². The molecule has 0 spiro atoms. The highest BCUT2D eigenvalue weighted by atomic mass is 32.2. The van der Waals surface area contributed by atoms with Gasteiger partial charge in [-0.3, -0.25) is 4.79 Å². The van der Waals surface area contributed by atoms with Gasteiger partial charge in [0.1, 0.15) is 6.04 Å². The third-order valence-electron chi connectivity index (χ3n) is 4.68. The Kier molecular flexibility index (Phi) is 6.24. The zero-order chi connectivity index (χ0) is 18.7. The van der Waals surface area contributed by atoms with Crippen LogP contribution in [0.2, 0.25) is 0 Å². The van der Waals surface area contributed by atoms with Crippen molar-refractivity contribution in [2.75, 3.05) is 26.7 Å². The number of likely N-dealkylation sites (N-methyl/N-ethyl adjacent to an activating group) is 1. The lowest BCUT2D eigenvalue weighted by Gasteiger charge is -2.37. The molecule has 1 aromatic carbocycles. The maximum Gasteiger partial charge on any atom is 0.243 e. The lowest BCUT2D eigenvalue weighted by atomic mass is 9.92. The molecule has 0 radical (unpaired) electrons. The van der Waals surface area contributed by atoms with Gasteiger partial charge in [0.15, 0.2) is 0 Å². The second-order valence-electron chi connectivity index (χ2n) is 7.50. The molecule has 1 heterocycles. The molecule has 1 atom stereocenters. The van der Waals surface area contributed by atoms with Crippen LogP contribution in [0.15, 0.2) is 35.2 Å². The monoisotopic (exact) mass is 367 g/mol. The Labute approximate surface area is 151 Å². The van der Waals surface area contributed by atoms with E-state index in [0.29, 0.717) is 26.1 Å². The first kappa shape index (κ1) is 19.9. The van der Waals surface area contributed by atoms with Crippen LogP contribution in [-0.2, 0) is 14.8 Å². The van der Waals surface area contributed by atoms with Gasteiger partial charge in [-0.05, 0) is 36.9 Å². The minimum atomic E-state index is -3.68. The summed E-state index contributed by atoms with van der Waals surface area (Å²) in [7, 11) is -1.95. The summed E-state index contributed by atoms with van der Waals surface area (Å²) in [5, 5.41) is 0. The van der Waals surface area contributed by atoms with Crippen LogP contribution in [0.4, 0.5) is 0 Å². The molecule has 25 heavy (non-hydrogen) atoms. The van der Waals surface area contributed by atoms with E-state index in [-0.39, 0.29) is 16.2 Å². The summed E-state index contributed by atoms with van der Waals surface area (Å²) in [5.41, 5.74) is 5.56. The normalized spacial score (nSPS) is 19.6. The molecule has 1 unspecified atom stereocenters. The van der Waals surface area contributed by atoms with Gasteiger partial charge in [-0.25, -0.2) is 8.42 Å². The summed E-state index contributed by atoms with van der Waals surface area (Å²) in [5.74, 6) is -0.152. The van der Waals surface area contributed by atoms with Crippen molar-refractivity contribution in [1.29, 1.82) is 0 Å². The maximum atomic E-state index is 13.0. The number of nitrogens with two attached hydrogens (primary N) is 1. The zero-order valence-electron chi connectivity index (χ0n) is 15.3. The van der Waals surface area contributed by atoms with Gasteiger partial charge in [0.2, 0.25) is 15.9 Å². The van der Waals surface area contributed by atoms with E-state index < -0.39 is 16.1 Å². The average Bonchev–Trinajstić information content (AvgIpc) is 2.61. The predicted molar refractivity (Wildman–Crippen MR) is 98.4 cm³/mol. The van der Waals surface area contributed by atoms with E-state index in [2.05, 4.69) is 0 Å². The Morgan fingerprint density at radius 1 is 1.28 bits per heavy atom. The number of hydrogen-bond donors (Lipinski definition) is 1. The number of nitrogens with zero attached hydrogens (tertiary/aromatic N) is 2. The molecule has 0 aliphatic carbocycles. The van der Waals surface area contributed by atoms with E-state index in [1.807, 2.05) is 13.8 Å². The van der Waals surface area contributed by atoms with Crippen LogP contribution in [0.25, 0.3) is 0 Å². The Hall–Kier alpha value is -1.44. The van der Waals surface area contributed by atoms with Crippen molar-refractivity contribution in [3.8, 4) is 0 Å². The van der Waals surface area contributed by atoms with Gasteiger partial charge in [-0.15, -0.1) is 0 Å². The standard InChI is InChI=1S/C18H29N3O3S/c1-18(2,13-19)14-20(3)17(22)16-11-7-8-12-21(16)25(23,24)15-9-5-4-6-10-15/h4-6,9-10,16H,7-8,11-14,19H2,1-3H3. The third kappa shape index (κ3) is 4.59. The highest BCUT2D eigenvalue weighted by molar-refractivity contribution is 7.89. The fraction of sp³-hybridized carbons (Fsp3) is 0.611. The first-order valence-corrected chi connectivity index (χ1v) is 10.1. The summed E-state index contributed by atoms with van der Waals surface area (Å²) < 4.78 is 27.4. The summed E-state index contributed by atoms with van der Waals surface area (Å²) >= 11 is 0. The number of carbonyl (C=O) groups excluding carboxylic acids is 1. The molecule has 0 saturated carbocycles. The molecule has 1 amide bonds. The number of benzene rings is 1. The van der Waals surface area contributed by atoms with Crippen LogP contribution in [0, 0.1) is 5.41 Å².